The van der Waals surface area contributed by atoms with Gasteiger partial charge in [0.1, 0.15) is 12.3 Å². The molecule has 0 bridgehead atoms. The fourth-order valence-electron chi connectivity index (χ4n) is 4.08. The molecule has 0 atom stereocenters. The lowest BCUT2D eigenvalue weighted by molar-refractivity contribution is -0.113. The average Bonchev–Trinajstić information content (AvgIpc) is 3.23. The summed E-state index contributed by atoms with van der Waals surface area (Å²) in [4.78, 5) is 28.6. The Kier molecular flexibility index (Phi) is 5.66. The molecular formula is C25H21N3O4S2. The second-order valence-corrected chi connectivity index (χ2v) is 9.49. The van der Waals surface area contributed by atoms with E-state index in [4.69, 9.17) is 21.7 Å². The van der Waals surface area contributed by atoms with Crippen LogP contribution in [0.5, 0.6) is 11.5 Å². The van der Waals surface area contributed by atoms with E-state index in [1.165, 1.54) is 21.3 Å². The van der Waals surface area contributed by atoms with E-state index in [2.05, 4.69) is 0 Å². The maximum Gasteiger partial charge on any atom is 0.296 e. The van der Waals surface area contributed by atoms with Gasteiger partial charge in [0, 0.05) is 12.6 Å². The Morgan fingerprint density at radius 3 is 2.62 bits per heavy atom. The molecule has 2 aromatic carbocycles. The number of rotatable bonds is 4. The van der Waals surface area contributed by atoms with E-state index in [0.717, 1.165) is 11.1 Å². The van der Waals surface area contributed by atoms with Crippen LogP contribution in [0.15, 0.2) is 69.9 Å². The number of ether oxygens (including phenoxy) is 2. The summed E-state index contributed by atoms with van der Waals surface area (Å²) >= 11 is 6.71. The number of fused-ring (bicyclic) bond motifs is 1. The second kappa shape index (κ2) is 8.66. The predicted molar refractivity (Wildman–Crippen MR) is 138 cm³/mol. The summed E-state index contributed by atoms with van der Waals surface area (Å²) in [5, 5.41) is 0. The van der Waals surface area contributed by atoms with Gasteiger partial charge in [0.15, 0.2) is 15.8 Å². The first kappa shape index (κ1) is 22.2. The van der Waals surface area contributed by atoms with Crippen molar-refractivity contribution in [2.75, 3.05) is 18.6 Å². The highest BCUT2D eigenvalue weighted by molar-refractivity contribution is 8.27. The number of amides is 1. The number of nitrogens with zero attached hydrogens (tertiary/aromatic N) is 3. The third kappa shape index (κ3) is 3.57. The normalized spacial score (nSPS) is 16.5. The van der Waals surface area contributed by atoms with Gasteiger partial charge < -0.3 is 9.47 Å². The van der Waals surface area contributed by atoms with Crippen molar-refractivity contribution in [1.82, 2.24) is 9.36 Å². The predicted octanol–water partition coefficient (Wildman–Crippen LogP) is 4.22. The van der Waals surface area contributed by atoms with Crippen molar-refractivity contribution in [3.63, 3.8) is 0 Å². The highest BCUT2D eigenvalue weighted by Crippen LogP contribution is 2.39. The number of para-hydroxylation sites is 2. The number of hydrogen-bond acceptors (Lipinski definition) is 6. The van der Waals surface area contributed by atoms with Crippen LogP contribution in [0, 0.1) is 6.92 Å². The maximum atomic E-state index is 13.4. The van der Waals surface area contributed by atoms with Gasteiger partial charge in [-0.2, -0.15) is 0 Å². The van der Waals surface area contributed by atoms with E-state index in [1.54, 1.807) is 31.8 Å². The smallest absolute Gasteiger partial charge is 0.296 e. The van der Waals surface area contributed by atoms with Crippen LogP contribution >= 0.6 is 24.0 Å². The third-order valence-corrected chi connectivity index (χ3v) is 7.11. The summed E-state index contributed by atoms with van der Waals surface area (Å²) in [6.45, 7) is 2.10. The fraction of sp³-hybridized carbons (Fsp3) is 0.160. The molecule has 0 saturated carbocycles. The zero-order valence-electron chi connectivity index (χ0n) is 18.8. The fourth-order valence-corrected chi connectivity index (χ4v) is 5.37. The van der Waals surface area contributed by atoms with Crippen LogP contribution < -0.4 is 19.9 Å². The van der Waals surface area contributed by atoms with Gasteiger partial charge in [-0.15, -0.1) is 0 Å². The average molecular weight is 492 g/mol. The second-order valence-electron chi connectivity index (χ2n) is 7.81. The largest absolute Gasteiger partial charge is 0.493 e. The van der Waals surface area contributed by atoms with Crippen molar-refractivity contribution in [2.24, 2.45) is 7.05 Å². The summed E-state index contributed by atoms with van der Waals surface area (Å²) in [5.74, 6) is 1.02. The van der Waals surface area contributed by atoms with Crippen LogP contribution in [0.25, 0.3) is 11.8 Å². The Morgan fingerprint density at radius 2 is 1.88 bits per heavy atom. The Hall–Kier alpha value is -3.56. The van der Waals surface area contributed by atoms with E-state index < -0.39 is 0 Å². The number of thioether (sulfide) groups is 1. The molecule has 0 aliphatic carbocycles. The van der Waals surface area contributed by atoms with E-state index in [0.29, 0.717) is 38.7 Å². The molecule has 34 heavy (non-hydrogen) atoms. The third-order valence-electron chi connectivity index (χ3n) is 5.81. The topological polar surface area (TPSA) is 65.7 Å². The number of aromatic nitrogens is 2. The molecule has 1 saturated heterocycles. The lowest BCUT2D eigenvalue weighted by Gasteiger charge is -2.18. The van der Waals surface area contributed by atoms with Crippen molar-refractivity contribution < 1.29 is 14.3 Å². The first-order valence-corrected chi connectivity index (χ1v) is 11.8. The lowest BCUT2D eigenvalue weighted by Crippen LogP contribution is -2.33. The van der Waals surface area contributed by atoms with Gasteiger partial charge in [-0.3, -0.25) is 19.2 Å². The van der Waals surface area contributed by atoms with Gasteiger partial charge in [-0.25, -0.2) is 4.68 Å². The molecule has 1 amide bonds. The molecule has 3 aromatic rings. The summed E-state index contributed by atoms with van der Waals surface area (Å²) < 4.78 is 14.8. The highest BCUT2D eigenvalue weighted by atomic mass is 32.2. The molecule has 2 aliphatic heterocycles. The van der Waals surface area contributed by atoms with E-state index >= 15 is 0 Å². The zero-order valence-corrected chi connectivity index (χ0v) is 20.4. The van der Waals surface area contributed by atoms with Crippen LogP contribution in [0.3, 0.4) is 0 Å². The number of benzene rings is 2. The molecule has 0 radical (unpaired) electrons. The lowest BCUT2D eigenvalue weighted by atomic mass is 10.1. The summed E-state index contributed by atoms with van der Waals surface area (Å²) in [6, 6.07) is 14.9. The minimum atomic E-state index is -0.321. The number of hydrogen-bond donors (Lipinski definition) is 0. The van der Waals surface area contributed by atoms with Gasteiger partial charge in [-0.1, -0.05) is 54.3 Å². The molecule has 5 rings (SSSR count). The Morgan fingerprint density at radius 1 is 1.12 bits per heavy atom. The minimum Gasteiger partial charge on any atom is -0.493 e. The molecule has 0 spiro atoms. The van der Waals surface area contributed by atoms with Gasteiger partial charge in [0.2, 0.25) is 0 Å². The summed E-state index contributed by atoms with van der Waals surface area (Å²) in [6.07, 6.45) is 3.74. The minimum absolute atomic E-state index is 0.265. The van der Waals surface area contributed by atoms with Gasteiger partial charge >= 0.3 is 0 Å². The van der Waals surface area contributed by atoms with Crippen molar-refractivity contribution in [3.8, 4) is 17.2 Å². The summed E-state index contributed by atoms with van der Waals surface area (Å²) in [7, 11) is 3.39. The SMILES string of the molecule is COc1cccc2c1OCC(/C=C1\SC(=S)N(c3c(C)n(C)n(-c4ccccc4)c3=O)C1=O)=C2. The quantitative estimate of drug-likeness (QED) is 0.402. The van der Waals surface area contributed by atoms with Crippen molar-refractivity contribution >= 4 is 46.0 Å². The Bertz CT molecular complexity index is 1450. The summed E-state index contributed by atoms with van der Waals surface area (Å²) in [5.41, 5.74) is 3.02. The van der Waals surface area contributed by atoms with Crippen LogP contribution in [0.1, 0.15) is 11.3 Å². The monoisotopic (exact) mass is 491 g/mol. The van der Waals surface area contributed by atoms with Crippen molar-refractivity contribution in [2.45, 2.75) is 6.92 Å². The van der Waals surface area contributed by atoms with Crippen LogP contribution in [0.2, 0.25) is 0 Å². The Balaban J connectivity index is 1.51. The Labute approximate surface area is 205 Å². The molecule has 9 heteroatoms. The molecule has 172 valence electrons. The molecule has 7 nitrogen and oxygen atoms in total. The van der Waals surface area contributed by atoms with E-state index in [-0.39, 0.29) is 17.2 Å². The van der Waals surface area contributed by atoms with Crippen LogP contribution in [0.4, 0.5) is 5.69 Å². The number of methoxy groups -OCH3 is 1. The van der Waals surface area contributed by atoms with Crippen molar-refractivity contribution in [3.05, 3.63) is 86.7 Å². The molecule has 1 aromatic heterocycles. The number of thiocarbonyl (C=S) groups is 1. The molecule has 3 heterocycles. The van der Waals surface area contributed by atoms with Crippen LogP contribution in [-0.2, 0) is 11.8 Å². The van der Waals surface area contributed by atoms with Crippen molar-refractivity contribution in [1.29, 1.82) is 0 Å². The van der Waals surface area contributed by atoms with Gasteiger partial charge in [-0.05, 0) is 42.8 Å². The standard InChI is InChI=1S/C25H21N3O4S2/c1-15-21(24(30)28(26(15)2)18-9-5-4-6-10-18)27-23(29)20(34-25(27)33)13-16-12-17-8-7-11-19(31-3)22(17)32-14-16/h4-13H,14H2,1-3H3/b20-13-. The first-order valence-electron chi connectivity index (χ1n) is 10.5. The van der Waals surface area contributed by atoms with E-state index in [9.17, 15) is 9.59 Å². The number of anilines is 1. The molecule has 2 aliphatic rings. The number of carbonyl (C=O) groups excluding carboxylic acids is 1. The van der Waals surface area contributed by atoms with Gasteiger partial charge in [0.25, 0.3) is 11.5 Å². The number of carbonyl (C=O) groups is 1. The van der Waals surface area contributed by atoms with Crippen LogP contribution in [-0.4, -0.2) is 33.3 Å². The zero-order chi connectivity index (χ0) is 24.0. The maximum absolute atomic E-state index is 13.4. The first-order chi connectivity index (χ1) is 16.4. The molecule has 0 unspecified atom stereocenters. The van der Waals surface area contributed by atoms with E-state index in [1.807, 2.05) is 54.6 Å². The molecular weight excluding hydrogens is 470 g/mol. The molecule has 1 fully saturated rings. The van der Waals surface area contributed by atoms with Gasteiger partial charge in [0.05, 0.1) is 23.4 Å². The highest BCUT2D eigenvalue weighted by Gasteiger charge is 2.38. The molecule has 0 N–H and O–H groups in total.